The molecule has 1 fully saturated rings. The van der Waals surface area contributed by atoms with Crippen LogP contribution in [-0.4, -0.2) is 15.4 Å². The maximum Gasteiger partial charge on any atom is 0.258 e. The molecule has 0 bridgehead atoms. The van der Waals surface area contributed by atoms with Crippen LogP contribution in [0.25, 0.3) is 5.65 Å². The molecule has 2 heterocycles. The number of aromatic nitrogens is 2. The first-order valence-electron chi connectivity index (χ1n) is 8.04. The molecular weight excluding hydrogens is 262 g/mol. The van der Waals surface area contributed by atoms with Crippen molar-refractivity contribution in [2.24, 2.45) is 0 Å². The summed E-state index contributed by atoms with van der Waals surface area (Å²) in [6.07, 6.45) is 11.0. The van der Waals surface area contributed by atoms with Crippen LogP contribution in [0.5, 0.6) is 0 Å². The van der Waals surface area contributed by atoms with Gasteiger partial charge in [0.15, 0.2) is 0 Å². The molecule has 112 valence electrons. The molecule has 1 aliphatic rings. The van der Waals surface area contributed by atoms with Gasteiger partial charge in [0.05, 0.1) is 5.69 Å². The van der Waals surface area contributed by atoms with Crippen LogP contribution in [0.2, 0.25) is 0 Å². The Labute approximate surface area is 125 Å². The van der Waals surface area contributed by atoms with E-state index in [9.17, 15) is 4.79 Å². The summed E-state index contributed by atoms with van der Waals surface area (Å²) in [5, 5.41) is 3.59. The highest BCUT2D eigenvalue weighted by Crippen LogP contribution is 2.17. The second kappa shape index (κ2) is 6.85. The highest BCUT2D eigenvalue weighted by molar-refractivity contribution is 5.37. The van der Waals surface area contributed by atoms with Gasteiger partial charge in [-0.25, -0.2) is 4.98 Å². The number of fused-ring (bicyclic) bond motifs is 1. The number of hydrogen-bond acceptors (Lipinski definition) is 3. The van der Waals surface area contributed by atoms with Crippen molar-refractivity contribution in [3.8, 4) is 0 Å². The minimum absolute atomic E-state index is 0.00457. The Bertz CT molecular complexity index is 642. The number of nitrogens with zero attached hydrogens (tertiary/aromatic N) is 2. The van der Waals surface area contributed by atoms with Crippen LogP contribution in [0.3, 0.4) is 0 Å². The van der Waals surface area contributed by atoms with Gasteiger partial charge in [-0.1, -0.05) is 38.2 Å². The molecule has 4 nitrogen and oxygen atoms in total. The van der Waals surface area contributed by atoms with E-state index in [1.54, 1.807) is 16.7 Å². The first kappa shape index (κ1) is 14.3. The van der Waals surface area contributed by atoms with E-state index in [2.05, 4.69) is 10.3 Å². The smallest absolute Gasteiger partial charge is 0.258 e. The van der Waals surface area contributed by atoms with E-state index in [-0.39, 0.29) is 5.56 Å². The summed E-state index contributed by atoms with van der Waals surface area (Å²) in [5.74, 6) is 0. The molecule has 4 heteroatoms. The number of rotatable bonds is 3. The normalized spacial score (nSPS) is 17.5. The Morgan fingerprint density at radius 3 is 2.71 bits per heavy atom. The molecule has 0 radical (unpaired) electrons. The average Bonchev–Trinajstić information content (AvgIpc) is 2.46. The van der Waals surface area contributed by atoms with E-state index in [1.165, 1.54) is 44.9 Å². The second-order valence-electron chi connectivity index (χ2n) is 5.94. The van der Waals surface area contributed by atoms with E-state index >= 15 is 0 Å². The second-order valence-corrected chi connectivity index (χ2v) is 5.94. The molecule has 0 amide bonds. The fourth-order valence-corrected chi connectivity index (χ4v) is 3.10. The van der Waals surface area contributed by atoms with Crippen LogP contribution in [0.4, 0.5) is 0 Å². The highest BCUT2D eigenvalue weighted by Gasteiger charge is 2.11. The van der Waals surface area contributed by atoms with Gasteiger partial charge in [0.25, 0.3) is 5.56 Å². The molecule has 1 N–H and O–H groups in total. The Hall–Kier alpha value is -1.68. The molecule has 0 unspecified atom stereocenters. The zero-order valence-corrected chi connectivity index (χ0v) is 12.4. The molecule has 0 aromatic carbocycles. The lowest BCUT2D eigenvalue weighted by atomic mass is 9.97. The fraction of sp³-hybridized carbons (Fsp3) is 0.529. The number of nitrogens with one attached hydrogen (secondary N) is 1. The maximum absolute atomic E-state index is 12.0. The minimum atomic E-state index is -0.00457. The Morgan fingerprint density at radius 2 is 1.90 bits per heavy atom. The predicted octanol–water partition coefficient (Wildman–Crippen LogP) is 2.90. The Morgan fingerprint density at radius 1 is 1.14 bits per heavy atom. The first-order valence-corrected chi connectivity index (χ1v) is 8.04. The first-order chi connectivity index (χ1) is 10.3. The van der Waals surface area contributed by atoms with Crippen molar-refractivity contribution in [3.05, 3.63) is 46.5 Å². The molecule has 1 saturated carbocycles. The summed E-state index contributed by atoms with van der Waals surface area (Å²) < 4.78 is 1.58. The minimum Gasteiger partial charge on any atom is -0.308 e. The lowest BCUT2D eigenvalue weighted by molar-refractivity contribution is 0.387. The van der Waals surface area contributed by atoms with Crippen molar-refractivity contribution >= 4 is 5.65 Å². The molecular formula is C17H23N3O. The van der Waals surface area contributed by atoms with Gasteiger partial charge in [-0.05, 0) is 25.0 Å². The van der Waals surface area contributed by atoms with Crippen LogP contribution >= 0.6 is 0 Å². The van der Waals surface area contributed by atoms with Crippen molar-refractivity contribution in [2.45, 2.75) is 57.5 Å². The van der Waals surface area contributed by atoms with Crippen molar-refractivity contribution in [1.82, 2.24) is 14.7 Å². The summed E-state index contributed by atoms with van der Waals surface area (Å²) in [4.78, 5) is 16.6. The molecule has 3 rings (SSSR count). The molecule has 1 aliphatic carbocycles. The van der Waals surface area contributed by atoms with Gasteiger partial charge in [0.1, 0.15) is 5.65 Å². The Kier molecular flexibility index (Phi) is 4.65. The topological polar surface area (TPSA) is 46.4 Å². The molecule has 0 aliphatic heterocycles. The third kappa shape index (κ3) is 3.70. The average molecular weight is 285 g/mol. The van der Waals surface area contributed by atoms with Crippen LogP contribution in [0, 0.1) is 0 Å². The molecule has 2 aromatic rings. The van der Waals surface area contributed by atoms with E-state index in [0.717, 1.165) is 11.3 Å². The standard InChI is InChI=1S/C17H23N3O/c21-17-12-15(19-16-10-6-7-11-20(16)17)13-18-14-8-4-2-1-3-5-9-14/h6-7,10-12,14,18H,1-5,8-9,13H2. The quantitative estimate of drug-likeness (QED) is 0.943. The predicted molar refractivity (Wildman–Crippen MR) is 84.4 cm³/mol. The molecule has 2 aromatic heterocycles. The van der Waals surface area contributed by atoms with Gasteiger partial charge in [-0.15, -0.1) is 0 Å². The number of pyridine rings is 1. The van der Waals surface area contributed by atoms with Gasteiger partial charge in [-0.2, -0.15) is 0 Å². The zero-order chi connectivity index (χ0) is 14.5. The van der Waals surface area contributed by atoms with Crippen molar-refractivity contribution in [1.29, 1.82) is 0 Å². The zero-order valence-electron chi connectivity index (χ0n) is 12.4. The van der Waals surface area contributed by atoms with Crippen LogP contribution in [0.1, 0.15) is 50.6 Å². The van der Waals surface area contributed by atoms with Crippen LogP contribution < -0.4 is 10.9 Å². The monoisotopic (exact) mass is 285 g/mol. The van der Waals surface area contributed by atoms with E-state index in [0.29, 0.717) is 12.6 Å². The van der Waals surface area contributed by atoms with Crippen molar-refractivity contribution in [2.75, 3.05) is 0 Å². The summed E-state index contributed by atoms with van der Waals surface area (Å²) in [5.41, 5.74) is 1.56. The van der Waals surface area contributed by atoms with E-state index in [1.807, 2.05) is 18.2 Å². The maximum atomic E-state index is 12.0. The Balaban J connectivity index is 1.68. The van der Waals surface area contributed by atoms with Crippen LogP contribution in [-0.2, 0) is 6.54 Å². The summed E-state index contributed by atoms with van der Waals surface area (Å²) in [6, 6.07) is 7.85. The fourth-order valence-electron chi connectivity index (χ4n) is 3.10. The van der Waals surface area contributed by atoms with Gasteiger partial charge < -0.3 is 5.32 Å². The molecule has 0 saturated heterocycles. The highest BCUT2D eigenvalue weighted by atomic mass is 16.1. The van der Waals surface area contributed by atoms with Crippen molar-refractivity contribution < 1.29 is 0 Å². The van der Waals surface area contributed by atoms with E-state index in [4.69, 9.17) is 0 Å². The third-order valence-electron chi connectivity index (χ3n) is 4.30. The van der Waals surface area contributed by atoms with Crippen molar-refractivity contribution in [3.63, 3.8) is 0 Å². The summed E-state index contributed by atoms with van der Waals surface area (Å²) in [7, 11) is 0. The molecule has 0 atom stereocenters. The van der Waals surface area contributed by atoms with Gasteiger partial charge >= 0.3 is 0 Å². The lowest BCUT2D eigenvalue weighted by Gasteiger charge is -2.20. The number of hydrogen-bond donors (Lipinski definition) is 1. The largest absolute Gasteiger partial charge is 0.308 e. The summed E-state index contributed by atoms with van der Waals surface area (Å²) in [6.45, 7) is 0.686. The van der Waals surface area contributed by atoms with Gasteiger partial charge in [0, 0.05) is 24.8 Å². The van der Waals surface area contributed by atoms with Gasteiger partial charge in [-0.3, -0.25) is 9.20 Å². The molecule has 0 spiro atoms. The van der Waals surface area contributed by atoms with Crippen LogP contribution in [0.15, 0.2) is 35.3 Å². The summed E-state index contributed by atoms with van der Waals surface area (Å²) >= 11 is 0. The van der Waals surface area contributed by atoms with E-state index < -0.39 is 0 Å². The lowest BCUT2D eigenvalue weighted by Crippen LogP contribution is -2.30. The van der Waals surface area contributed by atoms with Gasteiger partial charge in [0.2, 0.25) is 0 Å². The SMILES string of the molecule is O=c1cc(CNC2CCCCCCC2)nc2ccccn12. The molecule has 21 heavy (non-hydrogen) atoms. The third-order valence-corrected chi connectivity index (χ3v) is 4.30.